The van der Waals surface area contributed by atoms with Crippen molar-refractivity contribution >= 4 is 5.91 Å². The van der Waals surface area contributed by atoms with Crippen LogP contribution in [0.5, 0.6) is 11.6 Å². The third kappa shape index (κ3) is 2.18. The van der Waals surface area contributed by atoms with Gasteiger partial charge in [-0.05, 0) is 0 Å². The molecule has 1 rings (SSSR count). The van der Waals surface area contributed by atoms with Gasteiger partial charge in [0.05, 0.1) is 14.2 Å². The predicted molar refractivity (Wildman–Crippen MR) is 50.8 cm³/mol. The molecule has 0 aliphatic carbocycles. The number of alkyl halides is 2. The summed E-state index contributed by atoms with van der Waals surface area (Å²) in [6.07, 6.45) is -2.94. The highest BCUT2D eigenvalue weighted by Gasteiger charge is 2.24. The van der Waals surface area contributed by atoms with E-state index in [-0.39, 0.29) is 11.6 Å². The lowest BCUT2D eigenvalue weighted by atomic mass is 10.1. The van der Waals surface area contributed by atoms with E-state index in [1.807, 2.05) is 0 Å². The number of amides is 1. The van der Waals surface area contributed by atoms with Gasteiger partial charge in [-0.1, -0.05) is 0 Å². The van der Waals surface area contributed by atoms with Crippen LogP contribution in [0.15, 0.2) is 6.07 Å². The average molecular weight is 232 g/mol. The Hall–Kier alpha value is -1.92. The molecular weight excluding hydrogens is 222 g/mol. The van der Waals surface area contributed by atoms with Crippen molar-refractivity contribution in [1.82, 2.24) is 4.98 Å². The van der Waals surface area contributed by atoms with Gasteiger partial charge >= 0.3 is 0 Å². The molecule has 1 aromatic rings. The molecule has 1 heterocycles. The molecule has 2 N–H and O–H groups in total. The topological polar surface area (TPSA) is 74.4 Å². The molecule has 1 aromatic heterocycles. The van der Waals surface area contributed by atoms with E-state index in [0.29, 0.717) is 0 Å². The van der Waals surface area contributed by atoms with Gasteiger partial charge < -0.3 is 15.2 Å². The summed E-state index contributed by atoms with van der Waals surface area (Å²) in [4.78, 5) is 14.5. The molecular formula is C9H10F2N2O3. The maximum Gasteiger partial charge on any atom is 0.281 e. The third-order valence-corrected chi connectivity index (χ3v) is 1.87. The van der Waals surface area contributed by atoms with Crippen LogP contribution in [0.2, 0.25) is 0 Å². The number of primary amides is 1. The highest BCUT2D eigenvalue weighted by molar-refractivity contribution is 5.97. The number of halogens is 2. The molecule has 0 aromatic carbocycles. The van der Waals surface area contributed by atoms with E-state index >= 15 is 0 Å². The molecule has 0 radical (unpaired) electrons. The zero-order chi connectivity index (χ0) is 12.3. The molecule has 7 heteroatoms. The predicted octanol–water partition coefficient (Wildman–Crippen LogP) is 1.14. The first-order chi connectivity index (χ1) is 7.51. The van der Waals surface area contributed by atoms with Gasteiger partial charge in [0.15, 0.2) is 0 Å². The Kier molecular flexibility index (Phi) is 3.60. The molecule has 0 atom stereocenters. The number of aromatic nitrogens is 1. The van der Waals surface area contributed by atoms with Crippen LogP contribution in [-0.2, 0) is 0 Å². The second kappa shape index (κ2) is 4.73. The van der Waals surface area contributed by atoms with Gasteiger partial charge in [-0.3, -0.25) is 4.79 Å². The van der Waals surface area contributed by atoms with Crippen molar-refractivity contribution < 1.29 is 23.0 Å². The third-order valence-electron chi connectivity index (χ3n) is 1.87. The molecule has 0 spiro atoms. The smallest absolute Gasteiger partial charge is 0.281 e. The summed E-state index contributed by atoms with van der Waals surface area (Å²) in [6.45, 7) is 0. The number of ether oxygens (including phenoxy) is 2. The van der Waals surface area contributed by atoms with E-state index in [0.717, 1.165) is 0 Å². The van der Waals surface area contributed by atoms with E-state index < -0.39 is 23.6 Å². The van der Waals surface area contributed by atoms with E-state index in [9.17, 15) is 13.6 Å². The minimum Gasteiger partial charge on any atom is -0.496 e. The number of carbonyl (C=O) groups excluding carboxylic acids is 1. The summed E-state index contributed by atoms with van der Waals surface area (Å²) in [6, 6.07) is 1.21. The Morgan fingerprint density at radius 3 is 2.44 bits per heavy atom. The maximum absolute atomic E-state index is 12.6. The summed E-state index contributed by atoms with van der Waals surface area (Å²) in [5.41, 5.74) is 3.81. The van der Waals surface area contributed by atoms with Crippen molar-refractivity contribution in [3.63, 3.8) is 0 Å². The van der Waals surface area contributed by atoms with Crippen molar-refractivity contribution in [1.29, 1.82) is 0 Å². The average Bonchev–Trinajstić information content (AvgIpc) is 2.26. The van der Waals surface area contributed by atoms with Gasteiger partial charge in [0, 0.05) is 6.07 Å². The lowest BCUT2D eigenvalue weighted by Gasteiger charge is -2.11. The molecule has 88 valence electrons. The molecule has 0 saturated carbocycles. The molecule has 5 nitrogen and oxygen atoms in total. The van der Waals surface area contributed by atoms with E-state index in [2.05, 4.69) is 4.98 Å². The van der Waals surface area contributed by atoms with Crippen LogP contribution in [0.1, 0.15) is 22.5 Å². The number of methoxy groups -OCH3 is 2. The molecule has 0 fully saturated rings. The first-order valence-electron chi connectivity index (χ1n) is 4.22. The van der Waals surface area contributed by atoms with Gasteiger partial charge in [0.25, 0.3) is 12.3 Å². The van der Waals surface area contributed by atoms with Crippen LogP contribution in [0, 0.1) is 0 Å². The van der Waals surface area contributed by atoms with Crippen molar-refractivity contribution in [2.75, 3.05) is 14.2 Å². The van der Waals surface area contributed by atoms with Gasteiger partial charge in [0.1, 0.15) is 17.0 Å². The zero-order valence-corrected chi connectivity index (χ0v) is 8.66. The number of hydrogen-bond acceptors (Lipinski definition) is 4. The minimum atomic E-state index is -2.94. The van der Waals surface area contributed by atoms with E-state index in [4.69, 9.17) is 15.2 Å². The Morgan fingerprint density at radius 1 is 1.44 bits per heavy atom. The fourth-order valence-electron chi connectivity index (χ4n) is 1.19. The highest BCUT2D eigenvalue weighted by Crippen LogP contribution is 2.31. The monoisotopic (exact) mass is 232 g/mol. The fourth-order valence-corrected chi connectivity index (χ4v) is 1.19. The maximum atomic E-state index is 12.6. The quantitative estimate of drug-likeness (QED) is 0.844. The molecule has 0 aliphatic heterocycles. The van der Waals surface area contributed by atoms with Gasteiger partial charge in [-0.15, -0.1) is 0 Å². The van der Waals surface area contributed by atoms with Gasteiger partial charge in [-0.25, -0.2) is 13.8 Å². The van der Waals surface area contributed by atoms with Crippen molar-refractivity contribution in [3.05, 3.63) is 17.3 Å². The lowest BCUT2D eigenvalue weighted by Crippen LogP contribution is -2.17. The van der Waals surface area contributed by atoms with Gasteiger partial charge in [-0.2, -0.15) is 0 Å². The Labute approximate surface area is 90.2 Å². The van der Waals surface area contributed by atoms with Crippen LogP contribution < -0.4 is 15.2 Å². The second-order valence-corrected chi connectivity index (χ2v) is 2.79. The number of carbonyl (C=O) groups is 1. The molecule has 0 unspecified atom stereocenters. The second-order valence-electron chi connectivity index (χ2n) is 2.79. The summed E-state index contributed by atoms with van der Waals surface area (Å²) >= 11 is 0. The van der Waals surface area contributed by atoms with Crippen molar-refractivity contribution in [2.24, 2.45) is 5.73 Å². The SMILES string of the molecule is COc1cc(OC)c(C(N)=O)c(C(F)F)n1. The van der Waals surface area contributed by atoms with Crippen LogP contribution in [0.4, 0.5) is 8.78 Å². The van der Waals surface area contributed by atoms with Crippen molar-refractivity contribution in [2.45, 2.75) is 6.43 Å². The van der Waals surface area contributed by atoms with E-state index in [1.54, 1.807) is 0 Å². The Morgan fingerprint density at radius 2 is 2.06 bits per heavy atom. The zero-order valence-electron chi connectivity index (χ0n) is 8.66. The number of pyridine rings is 1. The normalized spacial score (nSPS) is 10.3. The van der Waals surface area contributed by atoms with Crippen molar-refractivity contribution in [3.8, 4) is 11.6 Å². The highest BCUT2D eigenvalue weighted by atomic mass is 19.3. The summed E-state index contributed by atoms with van der Waals surface area (Å²) in [5, 5.41) is 0. The number of nitrogens with zero attached hydrogens (tertiary/aromatic N) is 1. The molecule has 0 aliphatic rings. The van der Waals surface area contributed by atoms with Crippen LogP contribution in [0.3, 0.4) is 0 Å². The van der Waals surface area contributed by atoms with E-state index in [1.165, 1.54) is 20.3 Å². The largest absolute Gasteiger partial charge is 0.496 e. The Bertz CT molecular complexity index is 410. The molecule has 0 saturated heterocycles. The fraction of sp³-hybridized carbons (Fsp3) is 0.333. The number of nitrogens with two attached hydrogens (primary N) is 1. The molecule has 1 amide bonds. The molecule has 0 bridgehead atoms. The van der Waals surface area contributed by atoms with Gasteiger partial charge in [0.2, 0.25) is 5.88 Å². The first kappa shape index (κ1) is 12.2. The minimum absolute atomic E-state index is 0.0721. The molecule has 16 heavy (non-hydrogen) atoms. The lowest BCUT2D eigenvalue weighted by molar-refractivity contribution is 0.0978. The Balaban J connectivity index is 3.47. The summed E-state index contributed by atoms with van der Waals surface area (Å²) in [5.74, 6) is -1.19. The standard InChI is InChI=1S/C9H10F2N2O3/c1-15-4-3-5(16-2)13-7(8(10)11)6(4)9(12)14/h3,8H,1-2H3,(H2,12,14). The number of rotatable bonds is 4. The number of hydrogen-bond donors (Lipinski definition) is 1. The summed E-state index contributed by atoms with van der Waals surface area (Å²) in [7, 11) is 2.50. The summed E-state index contributed by atoms with van der Waals surface area (Å²) < 4.78 is 34.8. The van der Waals surface area contributed by atoms with Crippen LogP contribution >= 0.6 is 0 Å². The van der Waals surface area contributed by atoms with Crippen LogP contribution in [-0.4, -0.2) is 25.1 Å². The first-order valence-corrected chi connectivity index (χ1v) is 4.22. The van der Waals surface area contributed by atoms with Crippen LogP contribution in [0.25, 0.3) is 0 Å².